The lowest BCUT2D eigenvalue weighted by molar-refractivity contribution is 0.335. The van der Waals surface area contributed by atoms with Gasteiger partial charge in [-0.05, 0) is 18.6 Å². The number of benzene rings is 1. The van der Waals surface area contributed by atoms with Crippen molar-refractivity contribution >= 4 is 0 Å². The molecule has 0 atom stereocenters. The summed E-state index contributed by atoms with van der Waals surface area (Å²) in [7, 11) is 1.62. The van der Waals surface area contributed by atoms with Crippen LogP contribution in [0.3, 0.4) is 0 Å². The summed E-state index contributed by atoms with van der Waals surface area (Å²) in [6.45, 7) is 4.20. The second-order valence-corrected chi connectivity index (χ2v) is 4.35. The number of methoxy groups -OCH3 is 1. The molecular weight excluding hydrogens is 252 g/mol. The Kier molecular flexibility index (Phi) is 5.38. The van der Waals surface area contributed by atoms with Gasteiger partial charge in [0.25, 0.3) is 0 Å². The normalized spacial score (nSPS) is 10.3. The summed E-state index contributed by atoms with van der Waals surface area (Å²) in [5.74, 6) is 1.57. The fourth-order valence-corrected chi connectivity index (χ4v) is 1.92. The summed E-state index contributed by atoms with van der Waals surface area (Å²) in [6, 6.07) is 12.0. The van der Waals surface area contributed by atoms with E-state index in [9.17, 15) is 0 Å². The largest absolute Gasteiger partial charge is 0.494 e. The Morgan fingerprint density at radius 1 is 1.10 bits per heavy atom. The molecule has 0 aliphatic heterocycles. The van der Waals surface area contributed by atoms with Crippen LogP contribution in [-0.4, -0.2) is 18.7 Å². The summed E-state index contributed by atoms with van der Waals surface area (Å²) in [5, 5.41) is 3.39. The molecule has 1 aromatic heterocycles. The monoisotopic (exact) mass is 272 g/mol. The standard InChI is InChI=1S/C16H20N2O2/c1-3-20-15-7-5-4-6-14(15)12-17-10-13-8-9-16(19-2)18-11-13/h4-9,11,17H,3,10,12H2,1-2H3. The molecule has 1 heterocycles. The van der Waals surface area contributed by atoms with Gasteiger partial charge in [-0.3, -0.25) is 0 Å². The SMILES string of the molecule is CCOc1ccccc1CNCc1ccc(OC)nc1. The fraction of sp³-hybridized carbons (Fsp3) is 0.312. The lowest BCUT2D eigenvalue weighted by atomic mass is 10.2. The number of nitrogens with one attached hydrogen (secondary N) is 1. The number of nitrogens with zero attached hydrogens (tertiary/aromatic N) is 1. The Balaban J connectivity index is 1.89. The maximum absolute atomic E-state index is 5.60. The van der Waals surface area contributed by atoms with Crippen LogP contribution in [0.5, 0.6) is 11.6 Å². The lowest BCUT2D eigenvalue weighted by Gasteiger charge is -2.11. The van der Waals surface area contributed by atoms with Crippen molar-refractivity contribution in [1.29, 1.82) is 0 Å². The second-order valence-electron chi connectivity index (χ2n) is 4.35. The average molecular weight is 272 g/mol. The molecule has 0 aliphatic rings. The molecular formula is C16H20N2O2. The predicted octanol–water partition coefficient (Wildman–Crippen LogP) is 2.78. The van der Waals surface area contributed by atoms with Crippen molar-refractivity contribution in [2.45, 2.75) is 20.0 Å². The highest BCUT2D eigenvalue weighted by Crippen LogP contribution is 2.17. The van der Waals surface area contributed by atoms with Crippen LogP contribution in [0.4, 0.5) is 0 Å². The predicted molar refractivity (Wildman–Crippen MR) is 78.9 cm³/mol. The van der Waals surface area contributed by atoms with E-state index in [0.717, 1.165) is 30.0 Å². The minimum Gasteiger partial charge on any atom is -0.494 e. The Labute approximate surface area is 119 Å². The number of pyridine rings is 1. The molecule has 106 valence electrons. The van der Waals surface area contributed by atoms with Crippen LogP contribution in [0.25, 0.3) is 0 Å². The van der Waals surface area contributed by atoms with E-state index in [-0.39, 0.29) is 0 Å². The zero-order valence-corrected chi connectivity index (χ0v) is 11.9. The summed E-state index contributed by atoms with van der Waals surface area (Å²) < 4.78 is 10.6. The molecule has 2 aromatic rings. The van der Waals surface area contributed by atoms with E-state index in [4.69, 9.17) is 9.47 Å². The quantitative estimate of drug-likeness (QED) is 0.841. The van der Waals surface area contributed by atoms with Crippen molar-refractivity contribution in [3.8, 4) is 11.6 Å². The highest BCUT2D eigenvalue weighted by molar-refractivity contribution is 5.33. The highest BCUT2D eigenvalue weighted by atomic mass is 16.5. The number of aromatic nitrogens is 1. The average Bonchev–Trinajstić information content (AvgIpc) is 2.50. The van der Waals surface area contributed by atoms with Crippen LogP contribution in [0.15, 0.2) is 42.6 Å². The first-order valence-corrected chi connectivity index (χ1v) is 6.74. The van der Waals surface area contributed by atoms with E-state index in [1.165, 1.54) is 0 Å². The Morgan fingerprint density at radius 3 is 2.65 bits per heavy atom. The molecule has 0 amide bonds. The van der Waals surface area contributed by atoms with E-state index in [0.29, 0.717) is 12.5 Å². The molecule has 1 aromatic carbocycles. The smallest absolute Gasteiger partial charge is 0.212 e. The molecule has 0 fully saturated rings. The van der Waals surface area contributed by atoms with E-state index < -0.39 is 0 Å². The number of hydrogen-bond acceptors (Lipinski definition) is 4. The van der Waals surface area contributed by atoms with Gasteiger partial charge in [0.2, 0.25) is 5.88 Å². The van der Waals surface area contributed by atoms with E-state index in [1.807, 2.05) is 43.5 Å². The van der Waals surface area contributed by atoms with E-state index in [1.54, 1.807) is 7.11 Å². The lowest BCUT2D eigenvalue weighted by Crippen LogP contribution is -2.13. The first-order chi connectivity index (χ1) is 9.83. The number of hydrogen-bond donors (Lipinski definition) is 1. The first-order valence-electron chi connectivity index (χ1n) is 6.74. The third-order valence-electron chi connectivity index (χ3n) is 2.92. The molecule has 0 unspecified atom stereocenters. The van der Waals surface area contributed by atoms with Crippen molar-refractivity contribution in [2.75, 3.05) is 13.7 Å². The van der Waals surface area contributed by atoms with Crippen molar-refractivity contribution < 1.29 is 9.47 Å². The summed E-state index contributed by atoms with van der Waals surface area (Å²) >= 11 is 0. The van der Waals surface area contributed by atoms with Crippen LogP contribution in [0.2, 0.25) is 0 Å². The van der Waals surface area contributed by atoms with Crippen molar-refractivity contribution in [1.82, 2.24) is 10.3 Å². The van der Waals surface area contributed by atoms with E-state index >= 15 is 0 Å². The fourth-order valence-electron chi connectivity index (χ4n) is 1.92. The van der Waals surface area contributed by atoms with Crippen LogP contribution >= 0.6 is 0 Å². The Bertz CT molecular complexity index is 526. The van der Waals surface area contributed by atoms with Gasteiger partial charge in [-0.2, -0.15) is 0 Å². The second kappa shape index (κ2) is 7.50. The van der Waals surface area contributed by atoms with Crippen LogP contribution in [0.1, 0.15) is 18.1 Å². The maximum atomic E-state index is 5.60. The van der Waals surface area contributed by atoms with Crippen LogP contribution in [0, 0.1) is 0 Å². The molecule has 0 saturated heterocycles. The number of rotatable bonds is 7. The Hall–Kier alpha value is -2.07. The Morgan fingerprint density at radius 2 is 1.95 bits per heavy atom. The van der Waals surface area contributed by atoms with Gasteiger partial charge in [0.1, 0.15) is 5.75 Å². The molecule has 0 radical (unpaired) electrons. The number of para-hydroxylation sites is 1. The van der Waals surface area contributed by atoms with Gasteiger partial charge in [-0.1, -0.05) is 24.3 Å². The summed E-state index contributed by atoms with van der Waals surface area (Å²) in [4.78, 5) is 4.18. The molecule has 4 heteroatoms. The molecule has 0 bridgehead atoms. The minimum absolute atomic E-state index is 0.635. The molecule has 4 nitrogen and oxygen atoms in total. The molecule has 0 spiro atoms. The van der Waals surface area contributed by atoms with Gasteiger partial charge < -0.3 is 14.8 Å². The van der Waals surface area contributed by atoms with Crippen LogP contribution in [-0.2, 0) is 13.1 Å². The number of ether oxygens (including phenoxy) is 2. The summed E-state index contributed by atoms with van der Waals surface area (Å²) in [6.07, 6.45) is 1.82. The van der Waals surface area contributed by atoms with Gasteiger partial charge in [0.15, 0.2) is 0 Å². The van der Waals surface area contributed by atoms with Crippen LogP contribution < -0.4 is 14.8 Å². The van der Waals surface area contributed by atoms with Crippen molar-refractivity contribution in [3.63, 3.8) is 0 Å². The van der Waals surface area contributed by atoms with Gasteiger partial charge in [-0.25, -0.2) is 4.98 Å². The highest BCUT2D eigenvalue weighted by Gasteiger charge is 2.02. The van der Waals surface area contributed by atoms with Gasteiger partial charge in [0, 0.05) is 30.9 Å². The molecule has 2 rings (SSSR count). The van der Waals surface area contributed by atoms with Gasteiger partial charge >= 0.3 is 0 Å². The van der Waals surface area contributed by atoms with Crippen molar-refractivity contribution in [2.24, 2.45) is 0 Å². The van der Waals surface area contributed by atoms with Gasteiger partial charge in [-0.15, -0.1) is 0 Å². The van der Waals surface area contributed by atoms with E-state index in [2.05, 4.69) is 16.4 Å². The summed E-state index contributed by atoms with van der Waals surface area (Å²) in [5.41, 5.74) is 2.29. The zero-order valence-electron chi connectivity index (χ0n) is 11.9. The third-order valence-corrected chi connectivity index (χ3v) is 2.92. The third kappa shape index (κ3) is 3.96. The molecule has 20 heavy (non-hydrogen) atoms. The first kappa shape index (κ1) is 14.3. The minimum atomic E-state index is 0.635. The molecule has 1 N–H and O–H groups in total. The topological polar surface area (TPSA) is 43.4 Å². The molecule has 0 saturated carbocycles. The van der Waals surface area contributed by atoms with Crippen molar-refractivity contribution in [3.05, 3.63) is 53.7 Å². The van der Waals surface area contributed by atoms with Gasteiger partial charge in [0.05, 0.1) is 13.7 Å². The molecule has 0 aliphatic carbocycles. The maximum Gasteiger partial charge on any atom is 0.212 e. The zero-order chi connectivity index (χ0) is 14.2.